The number of thiazole rings is 1. The van der Waals surface area contributed by atoms with Gasteiger partial charge < -0.3 is 0 Å². The minimum Gasteiger partial charge on any atom is -0.284 e. The van der Waals surface area contributed by atoms with Crippen LogP contribution < -0.4 is 5.43 Å². The molecule has 0 aliphatic carbocycles. The van der Waals surface area contributed by atoms with Gasteiger partial charge in [-0.2, -0.15) is 0 Å². The van der Waals surface area contributed by atoms with Gasteiger partial charge in [0.1, 0.15) is 4.88 Å². The van der Waals surface area contributed by atoms with E-state index in [9.17, 15) is 4.79 Å². The lowest BCUT2D eigenvalue weighted by Crippen LogP contribution is -2.38. The Balaban J connectivity index is 2.58. The fourth-order valence-electron chi connectivity index (χ4n) is 0.774. The van der Waals surface area contributed by atoms with Crippen molar-refractivity contribution in [1.82, 2.24) is 15.4 Å². The third-order valence-electron chi connectivity index (χ3n) is 1.61. The molecule has 5 heteroatoms. The monoisotopic (exact) mass is 199 g/mol. The molecule has 1 amide bonds. The van der Waals surface area contributed by atoms with Crippen LogP contribution in [0.1, 0.15) is 21.6 Å². The number of rotatable bonds is 3. The lowest BCUT2D eigenvalue weighted by molar-refractivity contribution is 0.0839. The van der Waals surface area contributed by atoms with E-state index in [-0.39, 0.29) is 5.91 Å². The first kappa shape index (κ1) is 10.1. The van der Waals surface area contributed by atoms with Crippen molar-refractivity contribution in [2.24, 2.45) is 0 Å². The number of aryl methyl sites for hydroxylation is 1. The topological polar surface area (TPSA) is 45.2 Å². The molecule has 1 N–H and O–H groups in total. The van der Waals surface area contributed by atoms with Gasteiger partial charge in [-0.05, 0) is 6.92 Å². The summed E-state index contributed by atoms with van der Waals surface area (Å²) in [5, 5.41) is 2.64. The van der Waals surface area contributed by atoms with Gasteiger partial charge in [0.25, 0.3) is 5.91 Å². The zero-order chi connectivity index (χ0) is 9.84. The van der Waals surface area contributed by atoms with E-state index in [1.54, 1.807) is 11.2 Å². The van der Waals surface area contributed by atoms with Crippen molar-refractivity contribution in [3.05, 3.63) is 16.1 Å². The zero-order valence-electron chi connectivity index (χ0n) is 8.00. The number of nitrogens with zero attached hydrogens (tertiary/aromatic N) is 2. The molecule has 0 aliphatic heterocycles. The van der Waals surface area contributed by atoms with E-state index in [1.807, 2.05) is 20.9 Å². The molecule has 1 aromatic heterocycles. The highest BCUT2D eigenvalue weighted by molar-refractivity contribution is 7.13. The van der Waals surface area contributed by atoms with Crippen LogP contribution in [0.5, 0.6) is 0 Å². The van der Waals surface area contributed by atoms with Crippen molar-refractivity contribution >= 4 is 17.2 Å². The number of aromatic nitrogens is 1. The van der Waals surface area contributed by atoms with Gasteiger partial charge >= 0.3 is 0 Å². The summed E-state index contributed by atoms with van der Waals surface area (Å²) in [4.78, 5) is 16.1. The van der Waals surface area contributed by atoms with Crippen LogP contribution in [0.3, 0.4) is 0 Å². The molecule has 1 rings (SSSR count). The maximum atomic E-state index is 11.4. The Hall–Kier alpha value is -0.940. The lowest BCUT2D eigenvalue weighted by atomic mass is 10.5. The van der Waals surface area contributed by atoms with Crippen molar-refractivity contribution in [2.75, 3.05) is 13.6 Å². The maximum Gasteiger partial charge on any atom is 0.277 e. The first-order valence-electron chi connectivity index (χ1n) is 4.08. The summed E-state index contributed by atoms with van der Waals surface area (Å²) in [5.41, 5.74) is 2.72. The lowest BCUT2D eigenvalue weighted by Gasteiger charge is -2.14. The predicted molar refractivity (Wildman–Crippen MR) is 52.6 cm³/mol. The van der Waals surface area contributed by atoms with Crippen LogP contribution in [0.4, 0.5) is 0 Å². The summed E-state index contributed by atoms with van der Waals surface area (Å²) in [6.45, 7) is 4.63. The van der Waals surface area contributed by atoms with E-state index in [0.29, 0.717) is 4.88 Å². The number of amides is 1. The molecule has 1 aromatic rings. The van der Waals surface area contributed by atoms with E-state index in [4.69, 9.17) is 0 Å². The molecule has 0 aliphatic rings. The van der Waals surface area contributed by atoms with Gasteiger partial charge in [-0.15, -0.1) is 11.3 Å². The van der Waals surface area contributed by atoms with Gasteiger partial charge in [-0.25, -0.2) is 9.99 Å². The van der Waals surface area contributed by atoms with E-state index in [2.05, 4.69) is 10.4 Å². The molecule has 0 fully saturated rings. The van der Waals surface area contributed by atoms with Crippen LogP contribution in [0.15, 0.2) is 6.20 Å². The summed E-state index contributed by atoms with van der Waals surface area (Å²) >= 11 is 1.40. The fourth-order valence-corrected chi connectivity index (χ4v) is 1.44. The highest BCUT2D eigenvalue weighted by atomic mass is 32.1. The van der Waals surface area contributed by atoms with Gasteiger partial charge in [-0.1, -0.05) is 6.92 Å². The average molecular weight is 199 g/mol. The third-order valence-corrected chi connectivity index (χ3v) is 2.52. The molecular weight excluding hydrogens is 186 g/mol. The molecule has 0 saturated carbocycles. The van der Waals surface area contributed by atoms with Crippen LogP contribution in [-0.2, 0) is 0 Å². The van der Waals surface area contributed by atoms with Crippen LogP contribution >= 0.6 is 11.3 Å². The number of carbonyl (C=O) groups is 1. The smallest absolute Gasteiger partial charge is 0.277 e. The molecule has 1 heterocycles. The second-order valence-corrected chi connectivity index (χ2v) is 3.93. The average Bonchev–Trinajstić information content (AvgIpc) is 2.51. The van der Waals surface area contributed by atoms with Gasteiger partial charge in [0.2, 0.25) is 0 Å². The van der Waals surface area contributed by atoms with Crippen LogP contribution in [0.2, 0.25) is 0 Å². The number of hydrogen-bond acceptors (Lipinski definition) is 4. The quantitative estimate of drug-likeness (QED) is 0.740. The third kappa shape index (κ3) is 2.78. The highest BCUT2D eigenvalue weighted by Crippen LogP contribution is 2.10. The molecule has 0 spiro atoms. The Morgan fingerprint density at radius 1 is 1.77 bits per heavy atom. The number of nitrogens with one attached hydrogen (secondary N) is 1. The highest BCUT2D eigenvalue weighted by Gasteiger charge is 2.09. The first-order valence-corrected chi connectivity index (χ1v) is 4.89. The largest absolute Gasteiger partial charge is 0.284 e. The summed E-state index contributed by atoms with van der Waals surface area (Å²) < 4.78 is 0. The van der Waals surface area contributed by atoms with Gasteiger partial charge in [0.15, 0.2) is 0 Å². The zero-order valence-corrected chi connectivity index (χ0v) is 8.81. The molecule has 0 saturated heterocycles. The van der Waals surface area contributed by atoms with Crippen molar-refractivity contribution in [2.45, 2.75) is 13.8 Å². The first-order chi connectivity index (χ1) is 6.13. The Kier molecular flexibility index (Phi) is 3.39. The van der Waals surface area contributed by atoms with E-state index >= 15 is 0 Å². The minimum atomic E-state index is -0.0880. The molecule has 0 aromatic carbocycles. The van der Waals surface area contributed by atoms with Crippen LogP contribution in [0, 0.1) is 6.92 Å². The molecular formula is C8H13N3OS. The van der Waals surface area contributed by atoms with Crippen LogP contribution in [-0.4, -0.2) is 29.5 Å². The number of carbonyl (C=O) groups excluding carboxylic acids is 1. The molecule has 0 atom stereocenters. The Labute approximate surface area is 81.6 Å². The second kappa shape index (κ2) is 4.34. The molecule has 0 radical (unpaired) electrons. The molecule has 0 unspecified atom stereocenters. The Bertz CT molecular complexity index is 297. The summed E-state index contributed by atoms with van der Waals surface area (Å²) in [6, 6.07) is 0. The Morgan fingerprint density at radius 2 is 2.46 bits per heavy atom. The second-order valence-electron chi connectivity index (χ2n) is 2.70. The van der Waals surface area contributed by atoms with Crippen molar-refractivity contribution in [3.63, 3.8) is 0 Å². The fraction of sp³-hybridized carbons (Fsp3) is 0.500. The molecule has 72 valence electrons. The molecule has 13 heavy (non-hydrogen) atoms. The number of hydrogen-bond donors (Lipinski definition) is 1. The van der Waals surface area contributed by atoms with Gasteiger partial charge in [0.05, 0.1) is 11.2 Å². The van der Waals surface area contributed by atoms with Crippen molar-refractivity contribution in [1.29, 1.82) is 0 Å². The minimum absolute atomic E-state index is 0.0880. The molecule has 0 bridgehead atoms. The predicted octanol–water partition coefficient (Wildman–Crippen LogP) is 1.05. The summed E-state index contributed by atoms with van der Waals surface area (Å²) in [5.74, 6) is -0.0880. The number of hydrazine groups is 1. The summed E-state index contributed by atoms with van der Waals surface area (Å²) in [6.07, 6.45) is 1.60. The van der Waals surface area contributed by atoms with Crippen LogP contribution in [0.25, 0.3) is 0 Å². The summed E-state index contributed by atoms with van der Waals surface area (Å²) in [7, 11) is 1.83. The van der Waals surface area contributed by atoms with Crippen molar-refractivity contribution in [3.8, 4) is 0 Å². The SMILES string of the molecule is CCN(C)NC(=O)c1cnc(C)s1. The van der Waals surface area contributed by atoms with E-state index < -0.39 is 0 Å². The van der Waals surface area contributed by atoms with Gasteiger partial charge in [-0.3, -0.25) is 10.2 Å². The normalized spacial score (nSPS) is 10.5. The van der Waals surface area contributed by atoms with Crippen molar-refractivity contribution < 1.29 is 4.79 Å². The maximum absolute atomic E-state index is 11.4. The van der Waals surface area contributed by atoms with Gasteiger partial charge in [0, 0.05) is 13.6 Å². The molecule has 4 nitrogen and oxygen atoms in total. The van der Waals surface area contributed by atoms with E-state index in [1.165, 1.54) is 11.3 Å². The Morgan fingerprint density at radius 3 is 2.92 bits per heavy atom. The standard InChI is InChI=1S/C8H13N3OS/c1-4-11(3)10-8(12)7-5-9-6(2)13-7/h5H,4H2,1-3H3,(H,10,12). The van der Waals surface area contributed by atoms with E-state index in [0.717, 1.165) is 11.6 Å².